The Morgan fingerprint density at radius 1 is 0.700 bits per heavy atom. The van der Waals surface area contributed by atoms with E-state index in [-0.39, 0.29) is 11.8 Å². The molecule has 1 saturated carbocycles. The van der Waals surface area contributed by atoms with E-state index in [1.165, 1.54) is 13.8 Å². The lowest BCUT2D eigenvalue weighted by Crippen LogP contribution is -2.25. The van der Waals surface area contributed by atoms with Gasteiger partial charge >= 0.3 is 23.9 Å². The molecule has 20 heavy (non-hydrogen) atoms. The Morgan fingerprint density at radius 2 is 1.00 bits per heavy atom. The molecule has 6 nitrogen and oxygen atoms in total. The van der Waals surface area contributed by atoms with Crippen molar-refractivity contribution in [1.82, 2.24) is 0 Å². The summed E-state index contributed by atoms with van der Waals surface area (Å²) in [4.78, 5) is 44.8. The molecule has 0 N–H and O–H groups in total. The van der Waals surface area contributed by atoms with Crippen LogP contribution in [0.5, 0.6) is 0 Å². The first-order valence-corrected chi connectivity index (χ1v) is 6.84. The van der Waals surface area contributed by atoms with Crippen molar-refractivity contribution in [1.29, 1.82) is 0 Å². The first-order chi connectivity index (χ1) is 9.40. The van der Waals surface area contributed by atoms with E-state index in [0.29, 0.717) is 38.5 Å². The minimum absolute atomic E-state index is 0.288. The van der Waals surface area contributed by atoms with Crippen LogP contribution >= 0.6 is 0 Å². The van der Waals surface area contributed by atoms with Gasteiger partial charge in [-0.25, -0.2) is 0 Å². The smallest absolute Gasteiger partial charge is 0.316 e. The highest BCUT2D eigenvalue weighted by Gasteiger charge is 2.28. The van der Waals surface area contributed by atoms with E-state index >= 15 is 0 Å². The quantitative estimate of drug-likeness (QED) is 0.567. The molecule has 0 aromatic rings. The summed E-state index contributed by atoms with van der Waals surface area (Å²) in [5.74, 6) is -2.74. The molecule has 0 radical (unpaired) electrons. The third-order valence-electron chi connectivity index (χ3n) is 3.37. The van der Waals surface area contributed by atoms with Gasteiger partial charge in [-0.05, 0) is 25.7 Å². The van der Waals surface area contributed by atoms with E-state index in [4.69, 9.17) is 0 Å². The Kier molecular flexibility index (Phi) is 6.35. The van der Waals surface area contributed by atoms with Gasteiger partial charge in [0.15, 0.2) is 0 Å². The molecule has 1 fully saturated rings. The van der Waals surface area contributed by atoms with Crippen LogP contribution in [0.3, 0.4) is 0 Å². The van der Waals surface area contributed by atoms with Gasteiger partial charge in [-0.3, -0.25) is 19.2 Å². The predicted molar refractivity (Wildman–Crippen MR) is 68.2 cm³/mol. The number of rotatable bonds is 2. The van der Waals surface area contributed by atoms with Crippen molar-refractivity contribution in [2.24, 2.45) is 11.8 Å². The number of esters is 4. The molecule has 0 amide bonds. The largest absolute Gasteiger partial charge is 0.393 e. The molecule has 1 aliphatic carbocycles. The maximum absolute atomic E-state index is 11.7. The zero-order chi connectivity index (χ0) is 15.1. The van der Waals surface area contributed by atoms with Crippen LogP contribution in [0.15, 0.2) is 0 Å². The Bertz CT molecular complexity index is 354. The second-order valence-electron chi connectivity index (χ2n) is 5.08. The van der Waals surface area contributed by atoms with E-state index < -0.39 is 23.9 Å². The lowest BCUT2D eigenvalue weighted by Gasteiger charge is -2.21. The number of carbonyl (C=O) groups is 4. The fourth-order valence-electron chi connectivity index (χ4n) is 2.43. The zero-order valence-electron chi connectivity index (χ0n) is 11.8. The monoisotopic (exact) mass is 284 g/mol. The molecule has 0 aromatic heterocycles. The molecule has 112 valence electrons. The molecule has 0 spiro atoms. The molecule has 0 unspecified atom stereocenters. The Balaban J connectivity index is 2.46. The summed E-state index contributed by atoms with van der Waals surface area (Å²) >= 11 is 0. The topological polar surface area (TPSA) is 86.7 Å². The highest BCUT2D eigenvalue weighted by Crippen LogP contribution is 2.27. The van der Waals surface area contributed by atoms with E-state index in [2.05, 4.69) is 9.47 Å². The molecule has 0 aliphatic heterocycles. The minimum atomic E-state index is -0.597. The number of hydrogen-bond donors (Lipinski definition) is 0. The lowest BCUT2D eigenvalue weighted by atomic mass is 9.86. The van der Waals surface area contributed by atoms with Crippen LogP contribution in [0.1, 0.15) is 52.4 Å². The molecule has 1 aliphatic rings. The average molecular weight is 284 g/mol. The molecule has 0 bridgehead atoms. The van der Waals surface area contributed by atoms with E-state index in [1.807, 2.05) is 0 Å². The fraction of sp³-hybridized carbons (Fsp3) is 0.714. The summed E-state index contributed by atoms with van der Waals surface area (Å²) in [6, 6.07) is 0. The van der Waals surface area contributed by atoms with Gasteiger partial charge in [0, 0.05) is 13.8 Å². The van der Waals surface area contributed by atoms with E-state index in [1.54, 1.807) is 0 Å². The maximum atomic E-state index is 11.7. The first-order valence-electron chi connectivity index (χ1n) is 6.84. The summed E-state index contributed by atoms with van der Waals surface area (Å²) in [6.45, 7) is 2.41. The van der Waals surface area contributed by atoms with Crippen LogP contribution in [0.2, 0.25) is 0 Å². The normalized spacial score (nSPS) is 23.1. The molecule has 0 saturated heterocycles. The summed E-state index contributed by atoms with van der Waals surface area (Å²) in [6.07, 6.45) is 3.64. The summed E-state index contributed by atoms with van der Waals surface area (Å²) in [5.41, 5.74) is 0. The van der Waals surface area contributed by atoms with Crippen molar-refractivity contribution >= 4 is 23.9 Å². The van der Waals surface area contributed by atoms with Crippen molar-refractivity contribution in [3.05, 3.63) is 0 Å². The van der Waals surface area contributed by atoms with Crippen LogP contribution in [0.25, 0.3) is 0 Å². The van der Waals surface area contributed by atoms with Crippen LogP contribution in [-0.4, -0.2) is 23.9 Å². The third-order valence-corrected chi connectivity index (χ3v) is 3.37. The van der Waals surface area contributed by atoms with Crippen molar-refractivity contribution in [2.75, 3.05) is 0 Å². The number of hydrogen-bond acceptors (Lipinski definition) is 6. The lowest BCUT2D eigenvalue weighted by molar-refractivity contribution is -0.162. The van der Waals surface area contributed by atoms with Gasteiger partial charge in [0.25, 0.3) is 0 Å². The summed E-state index contributed by atoms with van der Waals surface area (Å²) in [5, 5.41) is 0. The Labute approximate surface area is 117 Å². The second kappa shape index (κ2) is 7.77. The van der Waals surface area contributed by atoms with Crippen LogP contribution in [-0.2, 0) is 28.7 Å². The molecule has 0 aromatic carbocycles. The maximum Gasteiger partial charge on any atom is 0.316 e. The van der Waals surface area contributed by atoms with Crippen molar-refractivity contribution < 1.29 is 28.7 Å². The SMILES string of the molecule is CC(=O)OC(=O)C1CCCC(C(=O)OC(C)=O)CCC1. The highest BCUT2D eigenvalue weighted by atomic mass is 16.6. The number of ether oxygens (including phenoxy) is 2. The van der Waals surface area contributed by atoms with Gasteiger partial charge in [-0.2, -0.15) is 0 Å². The minimum Gasteiger partial charge on any atom is -0.393 e. The van der Waals surface area contributed by atoms with Gasteiger partial charge in [0.1, 0.15) is 0 Å². The molecule has 1 rings (SSSR count). The molecule has 0 atom stereocenters. The van der Waals surface area contributed by atoms with Gasteiger partial charge in [0.2, 0.25) is 0 Å². The molecule has 6 heteroatoms. The van der Waals surface area contributed by atoms with Gasteiger partial charge in [-0.1, -0.05) is 12.8 Å². The average Bonchev–Trinajstić information content (AvgIpc) is 2.25. The summed E-state index contributed by atoms with van der Waals surface area (Å²) in [7, 11) is 0. The fourth-order valence-corrected chi connectivity index (χ4v) is 2.43. The van der Waals surface area contributed by atoms with Crippen molar-refractivity contribution in [3.63, 3.8) is 0 Å². The highest BCUT2D eigenvalue weighted by molar-refractivity contribution is 5.86. The van der Waals surface area contributed by atoms with Crippen molar-refractivity contribution in [3.8, 4) is 0 Å². The Hall–Kier alpha value is -1.72. The van der Waals surface area contributed by atoms with Crippen LogP contribution in [0.4, 0.5) is 0 Å². The predicted octanol–water partition coefficient (Wildman–Crippen LogP) is 1.75. The molecular formula is C14H20O6. The molecule has 0 heterocycles. The van der Waals surface area contributed by atoms with Gasteiger partial charge in [0.05, 0.1) is 11.8 Å². The van der Waals surface area contributed by atoms with Crippen LogP contribution in [0, 0.1) is 11.8 Å². The van der Waals surface area contributed by atoms with E-state index in [9.17, 15) is 19.2 Å². The van der Waals surface area contributed by atoms with Crippen molar-refractivity contribution in [2.45, 2.75) is 52.4 Å². The summed E-state index contributed by atoms with van der Waals surface area (Å²) < 4.78 is 9.20. The molecular weight excluding hydrogens is 264 g/mol. The van der Waals surface area contributed by atoms with E-state index in [0.717, 1.165) is 0 Å². The van der Waals surface area contributed by atoms with Gasteiger partial charge < -0.3 is 9.47 Å². The third kappa shape index (κ3) is 5.50. The first kappa shape index (κ1) is 16.3. The Morgan fingerprint density at radius 3 is 1.25 bits per heavy atom. The number of carbonyl (C=O) groups excluding carboxylic acids is 4. The van der Waals surface area contributed by atoms with Crippen LogP contribution < -0.4 is 0 Å². The zero-order valence-corrected chi connectivity index (χ0v) is 11.8. The van der Waals surface area contributed by atoms with Gasteiger partial charge in [-0.15, -0.1) is 0 Å². The second-order valence-corrected chi connectivity index (χ2v) is 5.08. The standard InChI is InChI=1S/C14H20O6/c1-9(15)19-13(17)11-5-3-7-12(8-4-6-11)14(18)20-10(2)16/h11-12H,3-8H2,1-2H3.